The Bertz CT molecular complexity index is 603. The zero-order chi connectivity index (χ0) is 12.8. The van der Waals surface area contributed by atoms with Crippen LogP contribution in [0.25, 0.3) is 10.9 Å². The van der Waals surface area contributed by atoms with Gasteiger partial charge in [-0.1, -0.05) is 6.08 Å². The molecule has 4 N–H and O–H groups in total. The molecule has 2 aromatic rings. The van der Waals surface area contributed by atoms with Crippen molar-refractivity contribution < 1.29 is 0 Å². The second kappa shape index (κ2) is 5.77. The number of nitrogens with two attached hydrogens (primary N) is 1. The molecule has 1 aromatic heterocycles. The lowest BCUT2D eigenvalue weighted by Gasteiger charge is -2.00. The summed E-state index contributed by atoms with van der Waals surface area (Å²) in [6.07, 6.45) is 11.2. The molecule has 1 aromatic carbocycles. The number of anilines is 1. The molecule has 0 aliphatic heterocycles. The highest BCUT2D eigenvalue weighted by Crippen LogP contribution is 2.17. The minimum absolute atomic E-state index is 1.07. The van der Waals surface area contributed by atoms with E-state index in [-0.39, 0.29) is 0 Å². The maximum absolute atomic E-state index is 5.30. The highest BCUT2D eigenvalue weighted by atomic mass is 14.8. The Morgan fingerprint density at radius 3 is 3.06 bits per heavy atom. The van der Waals surface area contributed by atoms with E-state index >= 15 is 0 Å². The predicted molar refractivity (Wildman–Crippen MR) is 78.1 cm³/mol. The lowest BCUT2D eigenvalue weighted by molar-refractivity contribution is 1.47. The molecule has 3 nitrogen and oxygen atoms in total. The molecule has 18 heavy (non-hydrogen) atoms. The molecule has 0 bridgehead atoms. The standard InChI is InChI=1S/C15H17N3/c1-12(6-8-16)3-2-9-17-14-4-5-15-13(11-14)7-10-18-15/h2-11,17-18H,16H2,1H3/b8-6-,9-2+,12-3+. The molecule has 2 rings (SSSR count). The third kappa shape index (κ3) is 3.04. The summed E-state index contributed by atoms with van der Waals surface area (Å²) in [6.45, 7) is 2.00. The van der Waals surface area contributed by atoms with E-state index in [1.807, 2.05) is 43.6 Å². The molecular formula is C15H17N3. The Morgan fingerprint density at radius 2 is 2.22 bits per heavy atom. The average Bonchev–Trinajstić information content (AvgIpc) is 2.82. The molecule has 3 heteroatoms. The third-order valence-corrected chi connectivity index (χ3v) is 2.62. The van der Waals surface area contributed by atoms with Crippen LogP contribution >= 0.6 is 0 Å². The number of aromatic nitrogens is 1. The number of rotatable bonds is 4. The van der Waals surface area contributed by atoms with E-state index in [0.29, 0.717) is 0 Å². The van der Waals surface area contributed by atoms with Gasteiger partial charge in [0.05, 0.1) is 0 Å². The number of fused-ring (bicyclic) bond motifs is 1. The molecule has 0 spiro atoms. The minimum Gasteiger partial charge on any atom is -0.405 e. The summed E-state index contributed by atoms with van der Waals surface area (Å²) in [4.78, 5) is 3.17. The van der Waals surface area contributed by atoms with Crippen LogP contribution in [0.2, 0.25) is 0 Å². The third-order valence-electron chi connectivity index (χ3n) is 2.62. The van der Waals surface area contributed by atoms with Crippen LogP contribution in [0.4, 0.5) is 5.69 Å². The van der Waals surface area contributed by atoms with E-state index in [2.05, 4.69) is 28.5 Å². The Hall–Kier alpha value is -2.42. The SMILES string of the molecule is CC(/C=C\N)=C\C=C\Nc1ccc2[nH]ccc2c1. The topological polar surface area (TPSA) is 53.8 Å². The normalized spacial score (nSPS) is 12.8. The first-order valence-corrected chi connectivity index (χ1v) is 5.85. The number of hydrogen-bond donors (Lipinski definition) is 3. The van der Waals surface area contributed by atoms with Crippen molar-refractivity contribution in [3.8, 4) is 0 Å². The van der Waals surface area contributed by atoms with Crippen LogP contribution in [0.15, 0.2) is 66.7 Å². The Balaban J connectivity index is 2.01. The molecule has 0 saturated carbocycles. The van der Waals surface area contributed by atoms with Crippen molar-refractivity contribution in [1.29, 1.82) is 0 Å². The fourth-order valence-electron chi connectivity index (χ4n) is 1.69. The lowest BCUT2D eigenvalue weighted by atomic mass is 10.2. The second-order valence-electron chi connectivity index (χ2n) is 4.05. The number of allylic oxidation sites excluding steroid dienone is 4. The average molecular weight is 239 g/mol. The zero-order valence-corrected chi connectivity index (χ0v) is 10.4. The van der Waals surface area contributed by atoms with Crippen molar-refractivity contribution in [2.45, 2.75) is 6.92 Å². The number of aromatic amines is 1. The molecule has 0 aliphatic carbocycles. The van der Waals surface area contributed by atoms with Gasteiger partial charge in [-0.3, -0.25) is 0 Å². The van der Waals surface area contributed by atoms with Gasteiger partial charge >= 0.3 is 0 Å². The van der Waals surface area contributed by atoms with Crippen LogP contribution < -0.4 is 11.1 Å². The van der Waals surface area contributed by atoms with Crippen molar-refractivity contribution in [3.05, 3.63) is 66.7 Å². The maximum atomic E-state index is 5.30. The summed E-state index contributed by atoms with van der Waals surface area (Å²) in [5, 5.41) is 4.43. The van der Waals surface area contributed by atoms with Crippen LogP contribution in [-0.2, 0) is 0 Å². The van der Waals surface area contributed by atoms with Gasteiger partial charge < -0.3 is 16.0 Å². The van der Waals surface area contributed by atoms with E-state index in [1.165, 1.54) is 11.6 Å². The Morgan fingerprint density at radius 1 is 1.33 bits per heavy atom. The predicted octanol–water partition coefficient (Wildman–Crippen LogP) is 3.51. The van der Waals surface area contributed by atoms with Crippen molar-refractivity contribution in [2.75, 3.05) is 5.32 Å². The van der Waals surface area contributed by atoms with Gasteiger partial charge in [0.15, 0.2) is 0 Å². The maximum Gasteiger partial charge on any atom is 0.0455 e. The first-order valence-electron chi connectivity index (χ1n) is 5.85. The van der Waals surface area contributed by atoms with Crippen LogP contribution in [0.1, 0.15) is 6.92 Å². The molecule has 0 amide bonds. The quantitative estimate of drug-likeness (QED) is 0.715. The summed E-state index contributed by atoms with van der Waals surface area (Å²) in [5.74, 6) is 0. The van der Waals surface area contributed by atoms with Gasteiger partial charge in [-0.2, -0.15) is 0 Å². The first-order chi connectivity index (χ1) is 8.79. The van der Waals surface area contributed by atoms with Gasteiger partial charge in [-0.25, -0.2) is 0 Å². The smallest absolute Gasteiger partial charge is 0.0455 e. The van der Waals surface area contributed by atoms with E-state index in [0.717, 1.165) is 16.8 Å². The molecule has 0 saturated heterocycles. The summed E-state index contributed by atoms with van der Waals surface area (Å²) in [7, 11) is 0. The lowest BCUT2D eigenvalue weighted by Crippen LogP contribution is -1.86. The highest BCUT2D eigenvalue weighted by molar-refractivity contribution is 5.83. The number of benzene rings is 1. The van der Waals surface area contributed by atoms with Crippen molar-refractivity contribution in [1.82, 2.24) is 4.98 Å². The summed E-state index contributed by atoms with van der Waals surface area (Å²) < 4.78 is 0. The van der Waals surface area contributed by atoms with E-state index in [4.69, 9.17) is 5.73 Å². The van der Waals surface area contributed by atoms with Gasteiger partial charge in [-0.05, 0) is 55.1 Å². The summed E-state index contributed by atoms with van der Waals surface area (Å²) in [5.41, 5.74) is 8.63. The van der Waals surface area contributed by atoms with Gasteiger partial charge in [0.25, 0.3) is 0 Å². The second-order valence-corrected chi connectivity index (χ2v) is 4.05. The molecule has 1 heterocycles. The minimum atomic E-state index is 1.07. The van der Waals surface area contributed by atoms with Gasteiger partial charge in [-0.15, -0.1) is 0 Å². The number of H-pyrrole nitrogens is 1. The van der Waals surface area contributed by atoms with Crippen molar-refractivity contribution in [3.63, 3.8) is 0 Å². The summed E-state index contributed by atoms with van der Waals surface area (Å²) in [6, 6.07) is 8.26. The Labute approximate surface area is 107 Å². The summed E-state index contributed by atoms with van der Waals surface area (Å²) >= 11 is 0. The number of hydrogen-bond acceptors (Lipinski definition) is 2. The highest BCUT2D eigenvalue weighted by Gasteiger charge is 1.94. The van der Waals surface area contributed by atoms with Crippen LogP contribution in [0, 0.1) is 0 Å². The van der Waals surface area contributed by atoms with Gasteiger partial charge in [0, 0.05) is 29.0 Å². The van der Waals surface area contributed by atoms with Crippen LogP contribution in [-0.4, -0.2) is 4.98 Å². The number of nitrogens with one attached hydrogen (secondary N) is 2. The van der Waals surface area contributed by atoms with Crippen molar-refractivity contribution >= 4 is 16.6 Å². The fourth-order valence-corrected chi connectivity index (χ4v) is 1.69. The van der Waals surface area contributed by atoms with Gasteiger partial charge in [0.2, 0.25) is 0 Å². The molecule has 92 valence electrons. The van der Waals surface area contributed by atoms with Gasteiger partial charge in [0.1, 0.15) is 0 Å². The monoisotopic (exact) mass is 239 g/mol. The molecule has 0 unspecified atom stereocenters. The van der Waals surface area contributed by atoms with E-state index in [9.17, 15) is 0 Å². The van der Waals surface area contributed by atoms with E-state index in [1.54, 1.807) is 0 Å². The Kier molecular flexibility index (Phi) is 3.86. The molecular weight excluding hydrogens is 222 g/mol. The molecule has 0 aliphatic rings. The fraction of sp³-hybridized carbons (Fsp3) is 0.0667. The largest absolute Gasteiger partial charge is 0.405 e. The van der Waals surface area contributed by atoms with E-state index < -0.39 is 0 Å². The van der Waals surface area contributed by atoms with Crippen molar-refractivity contribution in [2.24, 2.45) is 5.73 Å². The first kappa shape index (κ1) is 12.0. The zero-order valence-electron chi connectivity index (χ0n) is 10.4. The molecule has 0 atom stereocenters. The molecule has 0 fully saturated rings. The van der Waals surface area contributed by atoms with Crippen LogP contribution in [0.5, 0.6) is 0 Å². The molecule has 0 radical (unpaired) electrons. The van der Waals surface area contributed by atoms with Crippen LogP contribution in [0.3, 0.4) is 0 Å².